The zero-order chi connectivity index (χ0) is 19.3. The molecule has 0 aromatic heterocycles. The first-order chi connectivity index (χ1) is 13.7. The van der Waals surface area contributed by atoms with Gasteiger partial charge in [-0.25, -0.2) is 5.43 Å². The van der Waals surface area contributed by atoms with Crippen LogP contribution in [0.5, 0.6) is 0 Å². The first-order valence-corrected chi connectivity index (χ1v) is 9.72. The number of hydrazone groups is 1. The van der Waals surface area contributed by atoms with Crippen LogP contribution in [0.25, 0.3) is 21.5 Å². The standard InChI is InChI=1S/C23H18BrN3O/c24-18-8-5-9-19(13-18)25-15-23(28)27-26-14-22-20-10-3-1-6-16(20)12-17-7-2-4-11-21(17)22/h1-14,25H,15H2,(H,27,28)/b26-14+. The predicted octanol–water partition coefficient (Wildman–Crippen LogP) is 5.32. The molecule has 1 amide bonds. The van der Waals surface area contributed by atoms with E-state index in [4.69, 9.17) is 0 Å². The molecular formula is C23H18BrN3O. The van der Waals surface area contributed by atoms with Crippen molar-refractivity contribution in [3.05, 3.63) is 88.9 Å². The van der Waals surface area contributed by atoms with Crippen molar-refractivity contribution >= 4 is 55.3 Å². The van der Waals surface area contributed by atoms with Gasteiger partial charge in [-0.05, 0) is 45.8 Å². The van der Waals surface area contributed by atoms with E-state index in [0.717, 1.165) is 37.3 Å². The van der Waals surface area contributed by atoms with E-state index in [9.17, 15) is 4.79 Å². The molecule has 0 atom stereocenters. The number of halogens is 1. The second-order valence-corrected chi connectivity index (χ2v) is 7.31. The maximum Gasteiger partial charge on any atom is 0.259 e. The van der Waals surface area contributed by atoms with Gasteiger partial charge in [0.1, 0.15) is 0 Å². The highest BCUT2D eigenvalue weighted by atomic mass is 79.9. The fourth-order valence-electron chi connectivity index (χ4n) is 3.18. The Morgan fingerprint density at radius 2 is 1.57 bits per heavy atom. The van der Waals surface area contributed by atoms with Gasteiger partial charge < -0.3 is 5.32 Å². The van der Waals surface area contributed by atoms with Gasteiger partial charge in [0, 0.05) is 15.7 Å². The second kappa shape index (κ2) is 8.23. The van der Waals surface area contributed by atoms with Gasteiger partial charge in [0.15, 0.2) is 0 Å². The quantitative estimate of drug-likeness (QED) is 0.255. The molecule has 0 aliphatic rings. The van der Waals surface area contributed by atoms with E-state index in [2.05, 4.69) is 62.1 Å². The number of fused-ring (bicyclic) bond motifs is 2. The van der Waals surface area contributed by atoms with Crippen LogP contribution in [0, 0.1) is 0 Å². The van der Waals surface area contributed by atoms with Gasteiger partial charge in [-0.1, -0.05) is 70.5 Å². The minimum absolute atomic E-state index is 0.143. The minimum Gasteiger partial charge on any atom is -0.376 e. The molecule has 0 saturated carbocycles. The van der Waals surface area contributed by atoms with E-state index in [1.165, 1.54) is 0 Å². The molecule has 0 radical (unpaired) electrons. The molecule has 4 rings (SSSR count). The molecule has 138 valence electrons. The van der Waals surface area contributed by atoms with E-state index in [1.807, 2.05) is 48.5 Å². The van der Waals surface area contributed by atoms with Crippen LogP contribution in [0.1, 0.15) is 5.56 Å². The summed E-state index contributed by atoms with van der Waals surface area (Å²) in [4.78, 5) is 12.1. The van der Waals surface area contributed by atoms with E-state index >= 15 is 0 Å². The average Bonchev–Trinajstić information content (AvgIpc) is 2.72. The molecule has 0 heterocycles. The molecule has 2 N–H and O–H groups in total. The second-order valence-electron chi connectivity index (χ2n) is 6.39. The number of amides is 1. The zero-order valence-corrected chi connectivity index (χ0v) is 16.6. The molecule has 0 bridgehead atoms. The summed E-state index contributed by atoms with van der Waals surface area (Å²) in [6.07, 6.45) is 1.72. The van der Waals surface area contributed by atoms with Gasteiger partial charge in [0.25, 0.3) is 5.91 Å². The van der Waals surface area contributed by atoms with E-state index in [1.54, 1.807) is 6.21 Å². The third-order valence-corrected chi connectivity index (χ3v) is 4.97. The number of benzene rings is 4. The first-order valence-electron chi connectivity index (χ1n) is 8.92. The number of carbonyl (C=O) groups is 1. The van der Waals surface area contributed by atoms with Crippen molar-refractivity contribution < 1.29 is 4.79 Å². The Hall–Kier alpha value is -3.18. The van der Waals surface area contributed by atoms with Crippen molar-refractivity contribution in [3.63, 3.8) is 0 Å². The van der Waals surface area contributed by atoms with Crippen LogP contribution in [0.2, 0.25) is 0 Å². The van der Waals surface area contributed by atoms with Crippen molar-refractivity contribution in [2.45, 2.75) is 0 Å². The molecular weight excluding hydrogens is 414 g/mol. The van der Waals surface area contributed by atoms with Crippen molar-refractivity contribution in [2.24, 2.45) is 5.10 Å². The molecule has 4 aromatic rings. The lowest BCUT2D eigenvalue weighted by Gasteiger charge is -2.08. The van der Waals surface area contributed by atoms with Crippen LogP contribution in [0.4, 0.5) is 5.69 Å². The smallest absolute Gasteiger partial charge is 0.259 e. The van der Waals surface area contributed by atoms with Gasteiger partial charge >= 0.3 is 0 Å². The molecule has 4 nitrogen and oxygen atoms in total. The Balaban J connectivity index is 1.52. The maximum atomic E-state index is 12.1. The molecule has 28 heavy (non-hydrogen) atoms. The third kappa shape index (κ3) is 4.05. The zero-order valence-electron chi connectivity index (χ0n) is 15.0. The van der Waals surface area contributed by atoms with Crippen molar-refractivity contribution in [1.29, 1.82) is 0 Å². The Labute approximate surface area is 171 Å². The highest BCUT2D eigenvalue weighted by molar-refractivity contribution is 9.10. The Morgan fingerprint density at radius 3 is 2.25 bits per heavy atom. The Bertz CT molecular complexity index is 1130. The summed E-state index contributed by atoms with van der Waals surface area (Å²) in [5, 5.41) is 11.8. The fraction of sp³-hybridized carbons (Fsp3) is 0.0435. The molecule has 0 spiro atoms. The van der Waals surface area contributed by atoms with Crippen molar-refractivity contribution in [2.75, 3.05) is 11.9 Å². The van der Waals surface area contributed by atoms with E-state index in [0.29, 0.717) is 0 Å². The molecule has 5 heteroatoms. The summed E-state index contributed by atoms with van der Waals surface area (Å²) in [7, 11) is 0. The molecule has 0 saturated heterocycles. The van der Waals surface area contributed by atoms with Crippen LogP contribution >= 0.6 is 15.9 Å². The number of anilines is 1. The molecule has 0 aliphatic heterocycles. The summed E-state index contributed by atoms with van der Waals surface area (Å²) in [5.41, 5.74) is 4.47. The van der Waals surface area contributed by atoms with Crippen LogP contribution in [-0.4, -0.2) is 18.7 Å². The lowest BCUT2D eigenvalue weighted by atomic mass is 9.97. The van der Waals surface area contributed by atoms with Gasteiger partial charge in [-0.3, -0.25) is 4.79 Å². The summed E-state index contributed by atoms with van der Waals surface area (Å²) >= 11 is 3.41. The van der Waals surface area contributed by atoms with E-state index < -0.39 is 0 Å². The molecule has 4 aromatic carbocycles. The largest absolute Gasteiger partial charge is 0.376 e. The number of rotatable bonds is 5. The maximum absolute atomic E-state index is 12.1. The lowest BCUT2D eigenvalue weighted by Crippen LogP contribution is -2.25. The van der Waals surface area contributed by atoms with Crippen LogP contribution in [0.15, 0.2) is 88.4 Å². The summed E-state index contributed by atoms with van der Waals surface area (Å²) in [5.74, 6) is -0.208. The monoisotopic (exact) mass is 431 g/mol. The summed E-state index contributed by atoms with van der Waals surface area (Å²) < 4.78 is 0.957. The molecule has 0 aliphatic carbocycles. The SMILES string of the molecule is O=C(CNc1cccc(Br)c1)N/N=C/c1c2ccccc2cc2ccccc12. The van der Waals surface area contributed by atoms with Gasteiger partial charge in [-0.2, -0.15) is 5.10 Å². The van der Waals surface area contributed by atoms with Gasteiger partial charge in [-0.15, -0.1) is 0 Å². The topological polar surface area (TPSA) is 53.5 Å². The van der Waals surface area contributed by atoms with Crippen LogP contribution < -0.4 is 10.7 Å². The highest BCUT2D eigenvalue weighted by Crippen LogP contribution is 2.27. The van der Waals surface area contributed by atoms with Gasteiger partial charge in [0.05, 0.1) is 12.8 Å². The first kappa shape index (κ1) is 18.2. The average molecular weight is 432 g/mol. The van der Waals surface area contributed by atoms with E-state index in [-0.39, 0.29) is 12.5 Å². The molecule has 0 fully saturated rings. The number of hydrogen-bond donors (Lipinski definition) is 2. The Morgan fingerprint density at radius 1 is 0.893 bits per heavy atom. The number of nitrogens with zero attached hydrogens (tertiary/aromatic N) is 1. The van der Waals surface area contributed by atoms with Gasteiger partial charge in [0.2, 0.25) is 0 Å². The van der Waals surface area contributed by atoms with Crippen LogP contribution in [-0.2, 0) is 4.79 Å². The number of nitrogens with one attached hydrogen (secondary N) is 2. The summed E-state index contributed by atoms with van der Waals surface area (Å²) in [6, 6.07) is 26.2. The summed E-state index contributed by atoms with van der Waals surface area (Å²) in [6.45, 7) is 0.143. The fourth-order valence-corrected chi connectivity index (χ4v) is 3.58. The van der Waals surface area contributed by atoms with Crippen molar-refractivity contribution in [3.8, 4) is 0 Å². The predicted molar refractivity (Wildman–Crippen MR) is 120 cm³/mol. The highest BCUT2D eigenvalue weighted by Gasteiger charge is 2.06. The Kier molecular flexibility index (Phi) is 5.35. The number of hydrogen-bond acceptors (Lipinski definition) is 3. The molecule has 0 unspecified atom stereocenters. The van der Waals surface area contributed by atoms with Crippen molar-refractivity contribution in [1.82, 2.24) is 5.43 Å². The van der Waals surface area contributed by atoms with Crippen LogP contribution in [0.3, 0.4) is 0 Å². The minimum atomic E-state index is -0.208. The third-order valence-electron chi connectivity index (χ3n) is 4.47. The lowest BCUT2D eigenvalue weighted by molar-refractivity contribution is -0.119. The number of carbonyl (C=O) groups excluding carboxylic acids is 1. The normalized spacial score (nSPS) is 11.2.